The first-order valence-corrected chi connectivity index (χ1v) is 7.64. The number of nitrogens with one attached hydrogen (secondary N) is 1. The van der Waals surface area contributed by atoms with Crippen LogP contribution < -0.4 is 10.1 Å². The van der Waals surface area contributed by atoms with Crippen LogP contribution in [0.3, 0.4) is 0 Å². The summed E-state index contributed by atoms with van der Waals surface area (Å²) in [4.78, 5) is 22.7. The largest absolute Gasteiger partial charge is 0.481 e. The van der Waals surface area contributed by atoms with Gasteiger partial charge in [0.1, 0.15) is 5.75 Å². The van der Waals surface area contributed by atoms with Gasteiger partial charge in [0.25, 0.3) is 11.6 Å². The minimum Gasteiger partial charge on any atom is -0.481 e. The molecule has 0 saturated carbocycles. The molecule has 0 unspecified atom stereocenters. The second-order valence-corrected chi connectivity index (χ2v) is 5.85. The van der Waals surface area contributed by atoms with Gasteiger partial charge in [0.15, 0.2) is 6.10 Å². The maximum atomic E-state index is 12.2. The quantitative estimate of drug-likeness (QED) is 0.646. The molecule has 0 bridgehead atoms. The molecule has 7 heteroatoms. The third kappa shape index (κ3) is 4.23. The molecule has 0 heterocycles. The average molecular weight is 349 g/mol. The summed E-state index contributed by atoms with van der Waals surface area (Å²) in [6, 6.07) is 9.64. The normalized spacial score (nSPS) is 11.7. The molecule has 0 spiro atoms. The van der Waals surface area contributed by atoms with Crippen molar-refractivity contribution in [3.63, 3.8) is 0 Å². The number of halogens is 1. The Balaban J connectivity index is 2.09. The van der Waals surface area contributed by atoms with Gasteiger partial charge in [-0.15, -0.1) is 0 Å². The van der Waals surface area contributed by atoms with Crippen LogP contribution in [0.1, 0.15) is 18.1 Å². The van der Waals surface area contributed by atoms with Gasteiger partial charge in [-0.3, -0.25) is 14.9 Å². The van der Waals surface area contributed by atoms with Crippen LogP contribution in [0.25, 0.3) is 0 Å². The fourth-order valence-electron chi connectivity index (χ4n) is 2.12. The number of aryl methyl sites for hydroxylation is 2. The fraction of sp³-hybridized carbons (Fsp3) is 0.235. The Hall–Kier alpha value is -2.60. The van der Waals surface area contributed by atoms with Gasteiger partial charge >= 0.3 is 0 Å². The number of amides is 1. The summed E-state index contributed by atoms with van der Waals surface area (Å²) in [6.45, 7) is 5.07. The summed E-state index contributed by atoms with van der Waals surface area (Å²) in [5.74, 6) is 0.152. The maximum Gasteiger partial charge on any atom is 0.274 e. The van der Waals surface area contributed by atoms with Gasteiger partial charge in [0, 0.05) is 22.3 Å². The molecule has 0 aromatic heterocycles. The number of carbonyl (C=O) groups excluding carboxylic acids is 1. The zero-order valence-electron chi connectivity index (χ0n) is 13.5. The van der Waals surface area contributed by atoms with E-state index in [1.54, 1.807) is 44.2 Å². The molecule has 0 aliphatic carbocycles. The summed E-state index contributed by atoms with van der Waals surface area (Å²) in [5, 5.41) is 14.2. The summed E-state index contributed by atoms with van der Waals surface area (Å²) in [7, 11) is 0. The molecule has 1 N–H and O–H groups in total. The average Bonchev–Trinajstić information content (AvgIpc) is 2.51. The van der Waals surface area contributed by atoms with E-state index in [-0.39, 0.29) is 5.69 Å². The SMILES string of the molecule is Cc1cc(Cl)ccc1O[C@H](C)C(=O)Nc1ccc(C)c([N+](=O)[O-])c1. The van der Waals surface area contributed by atoms with Crippen molar-refractivity contribution in [3.05, 3.63) is 62.7 Å². The second-order valence-electron chi connectivity index (χ2n) is 5.42. The lowest BCUT2D eigenvalue weighted by Gasteiger charge is -2.16. The Morgan fingerprint density at radius 3 is 2.54 bits per heavy atom. The van der Waals surface area contributed by atoms with Crippen LogP contribution in [0.15, 0.2) is 36.4 Å². The molecule has 126 valence electrons. The fourth-order valence-corrected chi connectivity index (χ4v) is 2.34. The lowest BCUT2D eigenvalue weighted by atomic mass is 10.2. The number of anilines is 1. The number of ether oxygens (including phenoxy) is 1. The Labute approximate surface area is 144 Å². The van der Waals surface area contributed by atoms with E-state index < -0.39 is 16.9 Å². The molecule has 1 atom stereocenters. The zero-order valence-corrected chi connectivity index (χ0v) is 14.3. The van der Waals surface area contributed by atoms with Gasteiger partial charge < -0.3 is 10.1 Å². The standard InChI is InChI=1S/C17H17ClN2O4/c1-10-4-6-14(9-15(10)20(22)23)19-17(21)12(3)24-16-7-5-13(18)8-11(16)2/h4-9,12H,1-3H3,(H,19,21)/t12-/m1/s1. The van der Waals surface area contributed by atoms with Crippen LogP contribution in [-0.2, 0) is 4.79 Å². The van der Waals surface area contributed by atoms with E-state index in [4.69, 9.17) is 16.3 Å². The highest BCUT2D eigenvalue weighted by molar-refractivity contribution is 6.30. The topological polar surface area (TPSA) is 81.5 Å². The molecule has 2 aromatic rings. The summed E-state index contributed by atoms with van der Waals surface area (Å²) >= 11 is 5.89. The molecule has 0 radical (unpaired) electrons. The van der Waals surface area contributed by atoms with Crippen molar-refractivity contribution >= 4 is 28.9 Å². The molecular weight excluding hydrogens is 332 g/mol. The van der Waals surface area contributed by atoms with Gasteiger partial charge in [-0.2, -0.15) is 0 Å². The number of carbonyl (C=O) groups is 1. The first-order chi connectivity index (χ1) is 11.3. The first-order valence-electron chi connectivity index (χ1n) is 7.26. The van der Waals surface area contributed by atoms with Crippen molar-refractivity contribution in [2.24, 2.45) is 0 Å². The number of benzene rings is 2. The molecule has 2 aromatic carbocycles. The van der Waals surface area contributed by atoms with E-state index in [2.05, 4.69) is 5.32 Å². The molecule has 0 saturated heterocycles. The maximum absolute atomic E-state index is 12.2. The van der Waals surface area contributed by atoms with Crippen molar-refractivity contribution < 1.29 is 14.5 Å². The predicted molar refractivity (Wildman–Crippen MR) is 92.7 cm³/mol. The molecule has 6 nitrogen and oxygen atoms in total. The Morgan fingerprint density at radius 1 is 1.21 bits per heavy atom. The molecule has 2 rings (SSSR count). The Morgan fingerprint density at radius 2 is 1.92 bits per heavy atom. The smallest absolute Gasteiger partial charge is 0.274 e. The van der Waals surface area contributed by atoms with E-state index in [9.17, 15) is 14.9 Å². The van der Waals surface area contributed by atoms with E-state index >= 15 is 0 Å². The summed E-state index contributed by atoms with van der Waals surface area (Å²) in [6.07, 6.45) is -0.773. The summed E-state index contributed by atoms with van der Waals surface area (Å²) in [5.41, 5.74) is 1.64. The predicted octanol–water partition coefficient (Wildman–Crippen LogP) is 4.27. The van der Waals surface area contributed by atoms with Crippen molar-refractivity contribution in [3.8, 4) is 5.75 Å². The van der Waals surface area contributed by atoms with Crippen LogP contribution in [-0.4, -0.2) is 16.9 Å². The van der Waals surface area contributed by atoms with Crippen molar-refractivity contribution in [2.75, 3.05) is 5.32 Å². The Bertz CT molecular complexity index is 792. The van der Waals surface area contributed by atoms with Gasteiger partial charge in [0.2, 0.25) is 0 Å². The molecule has 0 aliphatic heterocycles. The van der Waals surface area contributed by atoms with Crippen LogP contribution in [0.4, 0.5) is 11.4 Å². The number of hydrogen-bond acceptors (Lipinski definition) is 4. The molecule has 24 heavy (non-hydrogen) atoms. The lowest BCUT2D eigenvalue weighted by molar-refractivity contribution is -0.385. The lowest BCUT2D eigenvalue weighted by Crippen LogP contribution is -2.30. The number of nitrogens with zero attached hydrogens (tertiary/aromatic N) is 1. The third-order valence-electron chi connectivity index (χ3n) is 3.48. The highest BCUT2D eigenvalue weighted by Crippen LogP contribution is 2.24. The highest BCUT2D eigenvalue weighted by atomic mass is 35.5. The molecule has 0 fully saturated rings. The van der Waals surface area contributed by atoms with Gasteiger partial charge in [-0.05, 0) is 50.6 Å². The van der Waals surface area contributed by atoms with E-state index in [1.807, 2.05) is 6.92 Å². The van der Waals surface area contributed by atoms with Gasteiger partial charge in [-0.25, -0.2) is 0 Å². The first kappa shape index (κ1) is 17.7. The molecular formula is C17H17ClN2O4. The van der Waals surface area contributed by atoms with Gasteiger partial charge in [0.05, 0.1) is 4.92 Å². The van der Waals surface area contributed by atoms with Gasteiger partial charge in [-0.1, -0.05) is 17.7 Å². The Kier molecular flexibility index (Phi) is 5.41. The van der Waals surface area contributed by atoms with Crippen LogP contribution in [0.2, 0.25) is 5.02 Å². The minimum absolute atomic E-state index is 0.0464. The van der Waals surface area contributed by atoms with Crippen molar-refractivity contribution in [1.29, 1.82) is 0 Å². The van der Waals surface area contributed by atoms with E-state index in [0.717, 1.165) is 5.56 Å². The highest BCUT2D eigenvalue weighted by Gasteiger charge is 2.18. The van der Waals surface area contributed by atoms with Crippen LogP contribution in [0, 0.1) is 24.0 Å². The van der Waals surface area contributed by atoms with Crippen molar-refractivity contribution in [1.82, 2.24) is 0 Å². The number of nitro groups is 1. The zero-order chi connectivity index (χ0) is 17.9. The van der Waals surface area contributed by atoms with E-state index in [1.165, 1.54) is 6.07 Å². The minimum atomic E-state index is -0.773. The van der Waals surface area contributed by atoms with Crippen LogP contribution in [0.5, 0.6) is 5.75 Å². The number of nitro benzene ring substituents is 1. The van der Waals surface area contributed by atoms with E-state index in [0.29, 0.717) is 22.0 Å². The van der Waals surface area contributed by atoms with Crippen LogP contribution >= 0.6 is 11.6 Å². The number of hydrogen-bond donors (Lipinski definition) is 1. The monoisotopic (exact) mass is 348 g/mol. The molecule has 0 aliphatic rings. The molecule has 1 amide bonds. The summed E-state index contributed by atoms with van der Waals surface area (Å²) < 4.78 is 5.63. The van der Waals surface area contributed by atoms with Crippen molar-refractivity contribution in [2.45, 2.75) is 26.9 Å². The second kappa shape index (κ2) is 7.31. The third-order valence-corrected chi connectivity index (χ3v) is 3.72. The number of rotatable bonds is 5.